The van der Waals surface area contributed by atoms with Crippen LogP contribution in [-0.2, 0) is 6.54 Å². The summed E-state index contributed by atoms with van der Waals surface area (Å²) in [6.07, 6.45) is 7.02. The minimum absolute atomic E-state index is 0.591. The van der Waals surface area contributed by atoms with Crippen LogP contribution in [0.4, 0.5) is 0 Å². The van der Waals surface area contributed by atoms with Crippen LogP contribution in [0.3, 0.4) is 0 Å². The molecule has 0 aliphatic heterocycles. The molecule has 2 heterocycles. The maximum atomic E-state index is 3.71. The van der Waals surface area contributed by atoms with E-state index < -0.39 is 0 Å². The summed E-state index contributed by atoms with van der Waals surface area (Å²) in [7, 11) is 0. The van der Waals surface area contributed by atoms with Gasteiger partial charge in [-0.25, -0.2) is 0 Å². The Morgan fingerprint density at radius 1 is 1.25 bits per heavy atom. The van der Waals surface area contributed by atoms with E-state index in [1.165, 1.54) is 54.0 Å². The molecule has 1 aliphatic carbocycles. The van der Waals surface area contributed by atoms with Gasteiger partial charge in [-0.15, -0.1) is 22.7 Å². The molecule has 1 N–H and O–H groups in total. The Kier molecular flexibility index (Phi) is 4.59. The molecule has 0 unspecified atom stereocenters. The van der Waals surface area contributed by atoms with Crippen molar-refractivity contribution in [3.8, 4) is 10.4 Å². The fourth-order valence-electron chi connectivity index (χ4n) is 3.28. The topological polar surface area (TPSA) is 12.0 Å². The van der Waals surface area contributed by atoms with Gasteiger partial charge in [0.05, 0.1) is 0 Å². The van der Waals surface area contributed by atoms with Gasteiger partial charge in [-0.05, 0) is 47.6 Å². The smallest absolute Gasteiger partial charge is 0.0351 e. The highest BCUT2D eigenvalue weighted by Gasteiger charge is 2.31. The largest absolute Gasteiger partial charge is 0.311 e. The van der Waals surface area contributed by atoms with Crippen molar-refractivity contribution in [3.05, 3.63) is 33.8 Å². The molecule has 108 valence electrons. The monoisotopic (exact) mass is 305 g/mol. The molecule has 0 bridgehead atoms. The second-order valence-corrected chi connectivity index (χ2v) is 7.89. The Balaban J connectivity index is 1.54. The molecule has 20 heavy (non-hydrogen) atoms. The van der Waals surface area contributed by atoms with Crippen molar-refractivity contribution in [2.75, 3.05) is 6.54 Å². The van der Waals surface area contributed by atoms with E-state index >= 15 is 0 Å². The molecule has 2 aromatic heterocycles. The Morgan fingerprint density at radius 2 is 2.10 bits per heavy atom. The number of rotatable bonds is 6. The second kappa shape index (κ2) is 6.42. The summed E-state index contributed by atoms with van der Waals surface area (Å²) in [5, 5.41) is 8.14. The average molecular weight is 306 g/mol. The third-order valence-corrected chi connectivity index (χ3v) is 6.53. The highest BCUT2D eigenvalue weighted by Crippen LogP contribution is 2.40. The molecule has 1 fully saturated rings. The maximum absolute atomic E-state index is 3.71. The van der Waals surface area contributed by atoms with E-state index in [1.54, 1.807) is 0 Å². The van der Waals surface area contributed by atoms with E-state index in [2.05, 4.69) is 41.2 Å². The molecule has 0 spiro atoms. The van der Waals surface area contributed by atoms with Crippen molar-refractivity contribution in [2.45, 2.75) is 45.6 Å². The zero-order chi connectivity index (χ0) is 13.8. The fraction of sp³-hybridized carbons (Fsp3) is 0.529. The van der Waals surface area contributed by atoms with E-state index in [0.29, 0.717) is 5.41 Å². The molecule has 0 radical (unpaired) electrons. The summed E-state index contributed by atoms with van der Waals surface area (Å²) in [6.45, 7) is 4.57. The van der Waals surface area contributed by atoms with Crippen LogP contribution >= 0.6 is 22.7 Å². The van der Waals surface area contributed by atoms with E-state index in [4.69, 9.17) is 0 Å². The van der Waals surface area contributed by atoms with Crippen LogP contribution in [0.1, 0.15) is 43.9 Å². The zero-order valence-electron chi connectivity index (χ0n) is 12.2. The van der Waals surface area contributed by atoms with Gasteiger partial charge < -0.3 is 5.32 Å². The lowest BCUT2D eigenvalue weighted by Crippen LogP contribution is -2.31. The van der Waals surface area contributed by atoms with Gasteiger partial charge in [-0.3, -0.25) is 0 Å². The predicted molar refractivity (Wildman–Crippen MR) is 90.5 cm³/mol. The van der Waals surface area contributed by atoms with Gasteiger partial charge >= 0.3 is 0 Å². The third kappa shape index (κ3) is 3.16. The Bertz CT molecular complexity index is 521. The van der Waals surface area contributed by atoms with Crippen LogP contribution in [0, 0.1) is 5.41 Å². The van der Waals surface area contributed by atoms with Crippen LogP contribution < -0.4 is 5.32 Å². The lowest BCUT2D eigenvalue weighted by atomic mass is 9.83. The van der Waals surface area contributed by atoms with Crippen molar-refractivity contribution in [1.29, 1.82) is 0 Å². The van der Waals surface area contributed by atoms with Crippen LogP contribution in [0.15, 0.2) is 29.0 Å². The van der Waals surface area contributed by atoms with Gasteiger partial charge in [-0.2, -0.15) is 0 Å². The van der Waals surface area contributed by atoms with Crippen molar-refractivity contribution in [1.82, 2.24) is 5.32 Å². The van der Waals surface area contributed by atoms with Crippen LogP contribution in [-0.4, -0.2) is 6.54 Å². The summed E-state index contributed by atoms with van der Waals surface area (Å²) >= 11 is 3.70. The summed E-state index contributed by atoms with van der Waals surface area (Å²) in [4.78, 5) is 2.84. The van der Waals surface area contributed by atoms with Gasteiger partial charge in [-0.1, -0.05) is 25.8 Å². The molecule has 1 nitrogen and oxygen atoms in total. The van der Waals surface area contributed by atoms with E-state index in [9.17, 15) is 0 Å². The third-order valence-electron chi connectivity index (χ3n) is 4.67. The molecule has 1 aliphatic rings. The van der Waals surface area contributed by atoms with Crippen molar-refractivity contribution >= 4 is 22.7 Å². The summed E-state index contributed by atoms with van der Waals surface area (Å²) in [5.41, 5.74) is 1.97. The molecule has 2 aromatic rings. The minimum Gasteiger partial charge on any atom is -0.311 e. The van der Waals surface area contributed by atoms with Gasteiger partial charge in [0.15, 0.2) is 0 Å². The standard InChI is InChI=1S/C17H23NS2/c1-2-17(7-3-4-8-17)13-18-11-15-10-14(12-20-15)16-6-5-9-19-16/h5-6,9-10,12,18H,2-4,7-8,11,13H2,1H3. The molecular weight excluding hydrogens is 282 g/mol. The first-order valence-electron chi connectivity index (χ1n) is 7.63. The minimum atomic E-state index is 0.591. The number of hydrogen-bond acceptors (Lipinski definition) is 3. The lowest BCUT2D eigenvalue weighted by molar-refractivity contribution is 0.268. The Hall–Kier alpha value is -0.640. The number of nitrogens with one attached hydrogen (secondary N) is 1. The fourth-order valence-corrected chi connectivity index (χ4v) is 4.92. The molecule has 1 saturated carbocycles. The highest BCUT2D eigenvalue weighted by atomic mass is 32.1. The second-order valence-electron chi connectivity index (χ2n) is 5.94. The molecule has 0 amide bonds. The van der Waals surface area contributed by atoms with Crippen molar-refractivity contribution < 1.29 is 0 Å². The highest BCUT2D eigenvalue weighted by molar-refractivity contribution is 7.14. The van der Waals surface area contributed by atoms with Gasteiger partial charge in [0.2, 0.25) is 0 Å². The van der Waals surface area contributed by atoms with Gasteiger partial charge in [0, 0.05) is 28.4 Å². The Labute approximate surface area is 130 Å². The van der Waals surface area contributed by atoms with E-state index in [-0.39, 0.29) is 0 Å². The molecule has 0 atom stereocenters. The van der Waals surface area contributed by atoms with Crippen LogP contribution in [0.25, 0.3) is 10.4 Å². The molecule has 3 heteroatoms. The summed E-state index contributed by atoms with van der Waals surface area (Å²) < 4.78 is 0. The van der Waals surface area contributed by atoms with Crippen molar-refractivity contribution in [3.63, 3.8) is 0 Å². The normalized spacial score (nSPS) is 17.6. The number of thiophene rings is 2. The first-order valence-corrected chi connectivity index (χ1v) is 9.39. The summed E-state index contributed by atoms with van der Waals surface area (Å²) in [5.74, 6) is 0. The van der Waals surface area contributed by atoms with Crippen LogP contribution in [0.5, 0.6) is 0 Å². The average Bonchev–Trinajstić information content (AvgIpc) is 3.21. The number of hydrogen-bond donors (Lipinski definition) is 1. The van der Waals surface area contributed by atoms with Gasteiger partial charge in [0.25, 0.3) is 0 Å². The quantitative estimate of drug-likeness (QED) is 0.739. The summed E-state index contributed by atoms with van der Waals surface area (Å²) in [6, 6.07) is 6.67. The first kappa shape index (κ1) is 14.3. The molecular formula is C17H23NS2. The van der Waals surface area contributed by atoms with E-state index in [0.717, 1.165) is 6.54 Å². The molecule has 0 saturated heterocycles. The Morgan fingerprint density at radius 3 is 2.80 bits per heavy atom. The van der Waals surface area contributed by atoms with Gasteiger partial charge in [0.1, 0.15) is 0 Å². The SMILES string of the molecule is CCC1(CNCc2cc(-c3cccs3)cs2)CCCC1. The lowest BCUT2D eigenvalue weighted by Gasteiger charge is -2.27. The van der Waals surface area contributed by atoms with Crippen molar-refractivity contribution in [2.24, 2.45) is 5.41 Å². The van der Waals surface area contributed by atoms with Crippen LogP contribution in [0.2, 0.25) is 0 Å². The maximum Gasteiger partial charge on any atom is 0.0351 e. The molecule has 3 rings (SSSR count). The zero-order valence-corrected chi connectivity index (χ0v) is 13.8. The first-order chi connectivity index (χ1) is 9.81. The predicted octanol–water partition coefficient (Wildman–Crippen LogP) is 5.54. The van der Waals surface area contributed by atoms with E-state index in [1.807, 2.05) is 22.7 Å². The molecule has 0 aromatic carbocycles.